The van der Waals surface area contributed by atoms with E-state index < -0.39 is 28.3 Å². The van der Waals surface area contributed by atoms with Crippen LogP contribution in [0.2, 0.25) is 10.0 Å². The minimum absolute atomic E-state index is 0.00933. The summed E-state index contributed by atoms with van der Waals surface area (Å²) in [6.45, 7) is 2.44. The lowest BCUT2D eigenvalue weighted by atomic mass is 10.0. The second kappa shape index (κ2) is 5.84. The minimum atomic E-state index is -3.92. The second-order valence-corrected chi connectivity index (χ2v) is 4.48. The van der Waals surface area contributed by atoms with Crippen LogP contribution in [0, 0.1) is 0 Å². The maximum atomic E-state index is 13.8. The highest BCUT2D eigenvalue weighted by Crippen LogP contribution is 2.37. The molecule has 0 fully saturated rings. The molecule has 0 aliphatic rings. The van der Waals surface area contributed by atoms with Gasteiger partial charge in [-0.15, -0.1) is 0 Å². The Morgan fingerprint density at radius 3 is 2.32 bits per heavy atom. The van der Waals surface area contributed by atoms with Crippen LogP contribution in [0.4, 0.5) is 8.78 Å². The summed E-state index contributed by atoms with van der Waals surface area (Å²) in [4.78, 5) is 22.4. The number of hydrogen-bond donors (Lipinski definition) is 0. The third kappa shape index (κ3) is 3.22. The second-order valence-electron chi connectivity index (χ2n) is 3.66. The molecule has 19 heavy (non-hydrogen) atoms. The Morgan fingerprint density at radius 2 is 1.84 bits per heavy atom. The first-order valence-corrected chi connectivity index (χ1v) is 6.02. The average Bonchev–Trinajstić information content (AvgIpc) is 2.31. The quantitative estimate of drug-likeness (QED) is 0.626. The van der Waals surface area contributed by atoms with E-state index in [2.05, 4.69) is 4.74 Å². The molecule has 1 aromatic carbocycles. The van der Waals surface area contributed by atoms with Crippen LogP contribution in [0.5, 0.6) is 0 Å². The Bertz CT molecular complexity index is 530. The van der Waals surface area contributed by atoms with Gasteiger partial charge in [0.15, 0.2) is 5.78 Å². The van der Waals surface area contributed by atoms with Gasteiger partial charge < -0.3 is 4.74 Å². The van der Waals surface area contributed by atoms with E-state index in [4.69, 9.17) is 23.2 Å². The van der Waals surface area contributed by atoms with Crippen molar-refractivity contribution < 1.29 is 23.1 Å². The number of alkyl halides is 2. The Labute approximate surface area is 118 Å². The van der Waals surface area contributed by atoms with Gasteiger partial charge in [0.1, 0.15) is 0 Å². The van der Waals surface area contributed by atoms with Gasteiger partial charge in [-0.2, -0.15) is 8.78 Å². The number of rotatable bonds is 4. The molecule has 7 heteroatoms. The third-order valence-electron chi connectivity index (χ3n) is 2.31. The van der Waals surface area contributed by atoms with Crippen molar-refractivity contribution in [3.8, 4) is 0 Å². The maximum absolute atomic E-state index is 13.8. The van der Waals surface area contributed by atoms with E-state index >= 15 is 0 Å². The van der Waals surface area contributed by atoms with Crippen molar-refractivity contribution in [2.75, 3.05) is 6.61 Å². The molecular weight excluding hydrogens is 301 g/mol. The molecular formula is C12H10Cl2F2O3. The molecule has 0 saturated carbocycles. The van der Waals surface area contributed by atoms with Crippen molar-refractivity contribution >= 4 is 35.0 Å². The summed E-state index contributed by atoms with van der Waals surface area (Å²) in [5.74, 6) is -6.06. The fourth-order valence-corrected chi connectivity index (χ4v) is 1.97. The van der Waals surface area contributed by atoms with Crippen LogP contribution in [-0.4, -0.2) is 18.4 Å². The molecule has 0 saturated heterocycles. The molecule has 0 atom stereocenters. The van der Waals surface area contributed by atoms with Crippen LogP contribution in [0.15, 0.2) is 12.1 Å². The highest BCUT2D eigenvalue weighted by Gasteiger charge is 2.44. The summed E-state index contributed by atoms with van der Waals surface area (Å²) in [5, 5.41) is -0.622. The molecule has 0 radical (unpaired) electrons. The number of Topliss-reactive ketones (excluding diaryl/α,β-unsaturated/α-hetero) is 1. The van der Waals surface area contributed by atoms with Gasteiger partial charge in [0.25, 0.3) is 0 Å². The first kappa shape index (κ1) is 15.9. The lowest BCUT2D eigenvalue weighted by Gasteiger charge is -2.17. The van der Waals surface area contributed by atoms with Crippen LogP contribution < -0.4 is 0 Å². The van der Waals surface area contributed by atoms with Gasteiger partial charge in [-0.05, 0) is 26.0 Å². The third-order valence-corrected chi connectivity index (χ3v) is 2.93. The fraction of sp³-hybridized carbons (Fsp3) is 0.333. The predicted molar refractivity (Wildman–Crippen MR) is 67.0 cm³/mol. The largest absolute Gasteiger partial charge is 0.461 e. The van der Waals surface area contributed by atoms with Gasteiger partial charge in [0.05, 0.1) is 22.2 Å². The Morgan fingerprint density at radius 1 is 1.26 bits per heavy atom. The van der Waals surface area contributed by atoms with Gasteiger partial charge in [-0.1, -0.05) is 23.2 Å². The molecule has 0 heterocycles. The van der Waals surface area contributed by atoms with E-state index in [0.717, 1.165) is 12.1 Å². The van der Waals surface area contributed by atoms with E-state index in [9.17, 15) is 18.4 Å². The highest BCUT2D eigenvalue weighted by molar-refractivity contribution is 6.36. The summed E-state index contributed by atoms with van der Waals surface area (Å²) < 4.78 is 31.9. The molecule has 0 amide bonds. The number of ketones is 1. The van der Waals surface area contributed by atoms with Gasteiger partial charge in [-0.3, -0.25) is 4.79 Å². The number of ether oxygens (including phenoxy) is 1. The Balaban J connectivity index is 3.32. The van der Waals surface area contributed by atoms with E-state index in [1.807, 2.05) is 0 Å². The zero-order chi connectivity index (χ0) is 14.8. The van der Waals surface area contributed by atoms with Gasteiger partial charge in [0.2, 0.25) is 0 Å². The van der Waals surface area contributed by atoms with Crippen molar-refractivity contribution in [2.45, 2.75) is 19.8 Å². The maximum Gasteiger partial charge on any atom is 0.382 e. The molecule has 104 valence electrons. The normalized spacial score (nSPS) is 11.3. The molecule has 0 aliphatic heterocycles. The SMILES string of the molecule is CCOC(=O)C(F)(F)c1cc(Cl)c(C(C)=O)cc1Cl. The number of halogens is 4. The van der Waals surface area contributed by atoms with Crippen LogP contribution >= 0.6 is 23.2 Å². The molecule has 3 nitrogen and oxygen atoms in total. The topological polar surface area (TPSA) is 43.4 Å². The van der Waals surface area contributed by atoms with Crippen LogP contribution in [0.3, 0.4) is 0 Å². The van der Waals surface area contributed by atoms with Crippen LogP contribution in [0.1, 0.15) is 29.8 Å². The summed E-state index contributed by atoms with van der Waals surface area (Å²) in [7, 11) is 0. The molecule has 1 rings (SSSR count). The van der Waals surface area contributed by atoms with E-state index in [-0.39, 0.29) is 17.2 Å². The molecule has 0 N–H and O–H groups in total. The van der Waals surface area contributed by atoms with Crippen molar-refractivity contribution in [2.24, 2.45) is 0 Å². The smallest absolute Gasteiger partial charge is 0.382 e. The molecule has 0 bridgehead atoms. The zero-order valence-electron chi connectivity index (χ0n) is 10.1. The van der Waals surface area contributed by atoms with Gasteiger partial charge in [-0.25, -0.2) is 4.79 Å². The number of carbonyl (C=O) groups is 2. The van der Waals surface area contributed by atoms with Crippen molar-refractivity contribution in [1.29, 1.82) is 0 Å². The number of esters is 1. The summed E-state index contributed by atoms with van der Waals surface area (Å²) >= 11 is 11.4. The Kier molecular flexibility index (Phi) is 4.87. The average molecular weight is 311 g/mol. The first-order valence-electron chi connectivity index (χ1n) is 5.27. The van der Waals surface area contributed by atoms with Gasteiger partial charge in [0, 0.05) is 5.56 Å². The lowest BCUT2D eigenvalue weighted by Crippen LogP contribution is -2.28. The van der Waals surface area contributed by atoms with Crippen LogP contribution in [-0.2, 0) is 15.5 Å². The standard InChI is InChI=1S/C12H10Cl2F2O3/c1-3-19-11(18)12(15,16)8-5-9(13)7(6(2)17)4-10(8)14/h4-5H,3H2,1-2H3. The van der Waals surface area contributed by atoms with E-state index in [0.29, 0.717) is 0 Å². The zero-order valence-corrected chi connectivity index (χ0v) is 11.6. The first-order chi connectivity index (χ1) is 8.71. The highest BCUT2D eigenvalue weighted by atomic mass is 35.5. The van der Waals surface area contributed by atoms with Crippen molar-refractivity contribution in [3.63, 3.8) is 0 Å². The van der Waals surface area contributed by atoms with Gasteiger partial charge >= 0.3 is 11.9 Å². The monoisotopic (exact) mass is 310 g/mol. The molecule has 0 aliphatic carbocycles. The summed E-state index contributed by atoms with van der Waals surface area (Å²) in [5.41, 5.74) is -0.780. The van der Waals surface area contributed by atoms with E-state index in [1.165, 1.54) is 13.8 Å². The predicted octanol–water partition coefficient (Wildman–Crippen LogP) is 3.85. The minimum Gasteiger partial charge on any atom is -0.461 e. The molecule has 1 aromatic rings. The molecule has 0 aromatic heterocycles. The number of carbonyl (C=O) groups excluding carboxylic acids is 2. The summed E-state index contributed by atoms with van der Waals surface area (Å²) in [6, 6.07) is 1.81. The van der Waals surface area contributed by atoms with Crippen molar-refractivity contribution in [1.82, 2.24) is 0 Å². The number of benzene rings is 1. The van der Waals surface area contributed by atoms with Crippen LogP contribution in [0.25, 0.3) is 0 Å². The number of hydrogen-bond acceptors (Lipinski definition) is 3. The fourth-order valence-electron chi connectivity index (χ4n) is 1.39. The molecule has 0 spiro atoms. The lowest BCUT2D eigenvalue weighted by molar-refractivity contribution is -0.173. The molecule has 0 unspecified atom stereocenters. The Hall–Kier alpha value is -1.20. The van der Waals surface area contributed by atoms with E-state index in [1.54, 1.807) is 0 Å². The summed E-state index contributed by atoms with van der Waals surface area (Å²) in [6.07, 6.45) is 0. The van der Waals surface area contributed by atoms with Crippen molar-refractivity contribution in [3.05, 3.63) is 33.3 Å².